The second-order valence-electron chi connectivity index (χ2n) is 6.33. The quantitative estimate of drug-likeness (QED) is 0.907. The molecule has 0 aromatic heterocycles. The van der Waals surface area contributed by atoms with Crippen LogP contribution in [0.1, 0.15) is 24.8 Å². The third-order valence-electron chi connectivity index (χ3n) is 4.81. The summed E-state index contributed by atoms with van der Waals surface area (Å²) in [7, 11) is -3.54. The first-order chi connectivity index (χ1) is 9.88. The number of nitrogens with zero attached hydrogens (tertiary/aromatic N) is 1. The van der Waals surface area contributed by atoms with Gasteiger partial charge in [-0.25, -0.2) is 12.8 Å². The summed E-state index contributed by atoms with van der Waals surface area (Å²) in [5.41, 5.74) is 6.45. The van der Waals surface area contributed by atoms with Gasteiger partial charge in [-0.2, -0.15) is 4.31 Å². The lowest BCUT2D eigenvalue weighted by molar-refractivity contribution is 0.271. The average Bonchev–Trinajstić information content (AvgIpc) is 2.81. The number of rotatable bonds is 2. The maximum atomic E-state index is 13.2. The van der Waals surface area contributed by atoms with Gasteiger partial charge in [0.05, 0.1) is 4.90 Å². The SMILES string of the molecule is Cc1cc(F)ccc1S(=O)(=O)N1C[C@H]2CCC(N)C[C@H]2C1. The molecule has 3 rings (SSSR count). The van der Waals surface area contributed by atoms with Gasteiger partial charge < -0.3 is 5.73 Å². The highest BCUT2D eigenvalue weighted by Crippen LogP contribution is 2.38. The Kier molecular flexibility index (Phi) is 3.80. The molecule has 1 aromatic carbocycles. The Hall–Kier alpha value is -0.980. The Balaban J connectivity index is 1.86. The van der Waals surface area contributed by atoms with E-state index in [0.29, 0.717) is 30.5 Å². The fourth-order valence-corrected chi connectivity index (χ4v) is 5.42. The molecule has 1 aliphatic carbocycles. The molecule has 1 aromatic rings. The van der Waals surface area contributed by atoms with Crippen LogP contribution in [0.15, 0.2) is 23.1 Å². The summed E-state index contributed by atoms with van der Waals surface area (Å²) in [6, 6.07) is 4.04. The Bertz CT molecular complexity index is 647. The highest BCUT2D eigenvalue weighted by molar-refractivity contribution is 7.89. The van der Waals surface area contributed by atoms with Gasteiger partial charge in [-0.05, 0) is 61.8 Å². The lowest BCUT2D eigenvalue weighted by Gasteiger charge is -2.28. The van der Waals surface area contributed by atoms with Gasteiger partial charge in [-0.3, -0.25) is 0 Å². The lowest BCUT2D eigenvalue weighted by Crippen LogP contribution is -2.32. The molecule has 4 nitrogen and oxygen atoms in total. The van der Waals surface area contributed by atoms with Crippen LogP contribution >= 0.6 is 0 Å². The smallest absolute Gasteiger partial charge is 0.243 e. The van der Waals surface area contributed by atoms with Crippen LogP contribution in [0.4, 0.5) is 4.39 Å². The summed E-state index contributed by atoms with van der Waals surface area (Å²) in [6.45, 7) is 2.74. The van der Waals surface area contributed by atoms with Gasteiger partial charge in [0.15, 0.2) is 0 Å². The van der Waals surface area contributed by atoms with Crippen LogP contribution in [0.25, 0.3) is 0 Å². The minimum absolute atomic E-state index is 0.196. The summed E-state index contributed by atoms with van der Waals surface area (Å²) in [6.07, 6.45) is 2.88. The van der Waals surface area contributed by atoms with Gasteiger partial charge in [0.25, 0.3) is 0 Å². The Morgan fingerprint density at radius 2 is 1.95 bits per heavy atom. The second kappa shape index (κ2) is 5.34. The number of aryl methyl sites for hydroxylation is 1. The van der Waals surface area contributed by atoms with Gasteiger partial charge in [0, 0.05) is 19.1 Å². The van der Waals surface area contributed by atoms with E-state index >= 15 is 0 Å². The van der Waals surface area contributed by atoms with Crippen molar-refractivity contribution in [2.75, 3.05) is 13.1 Å². The maximum absolute atomic E-state index is 13.2. The molecule has 116 valence electrons. The molecule has 6 heteroatoms. The van der Waals surface area contributed by atoms with E-state index in [1.54, 1.807) is 11.2 Å². The van der Waals surface area contributed by atoms with Crippen molar-refractivity contribution in [1.82, 2.24) is 4.31 Å². The van der Waals surface area contributed by atoms with Crippen molar-refractivity contribution < 1.29 is 12.8 Å². The molecule has 0 spiro atoms. The van der Waals surface area contributed by atoms with Crippen LogP contribution in [-0.4, -0.2) is 31.9 Å². The Morgan fingerprint density at radius 3 is 2.67 bits per heavy atom. The van der Waals surface area contributed by atoms with Crippen LogP contribution in [0.3, 0.4) is 0 Å². The molecule has 0 amide bonds. The molecular formula is C15H21FN2O2S. The van der Waals surface area contributed by atoms with Crippen molar-refractivity contribution >= 4 is 10.0 Å². The monoisotopic (exact) mass is 312 g/mol. The zero-order valence-corrected chi connectivity index (χ0v) is 12.9. The molecule has 21 heavy (non-hydrogen) atoms. The van der Waals surface area contributed by atoms with Crippen molar-refractivity contribution in [2.45, 2.75) is 37.1 Å². The van der Waals surface area contributed by atoms with E-state index in [9.17, 15) is 12.8 Å². The summed E-state index contributed by atoms with van der Waals surface area (Å²) in [5.74, 6) is 0.372. The topological polar surface area (TPSA) is 63.4 Å². The minimum atomic E-state index is -3.54. The molecule has 3 atom stereocenters. The molecule has 2 aliphatic rings. The lowest BCUT2D eigenvalue weighted by atomic mass is 9.79. The molecule has 1 unspecified atom stereocenters. The number of nitrogens with two attached hydrogens (primary N) is 1. The van der Waals surface area contributed by atoms with Gasteiger partial charge >= 0.3 is 0 Å². The summed E-state index contributed by atoms with van der Waals surface area (Å²) < 4.78 is 40.3. The zero-order valence-electron chi connectivity index (χ0n) is 12.1. The molecule has 0 bridgehead atoms. The summed E-state index contributed by atoms with van der Waals surface area (Å²) in [5, 5.41) is 0. The highest BCUT2D eigenvalue weighted by Gasteiger charge is 2.41. The van der Waals surface area contributed by atoms with Crippen molar-refractivity contribution in [2.24, 2.45) is 17.6 Å². The largest absolute Gasteiger partial charge is 0.328 e. The zero-order chi connectivity index (χ0) is 15.2. The molecule has 1 aliphatic heterocycles. The molecule has 0 radical (unpaired) electrons. The van der Waals surface area contributed by atoms with Crippen LogP contribution in [0.2, 0.25) is 0 Å². The Morgan fingerprint density at radius 1 is 1.24 bits per heavy atom. The first-order valence-corrected chi connectivity index (χ1v) is 8.84. The van der Waals surface area contributed by atoms with Gasteiger partial charge in [0.2, 0.25) is 10.0 Å². The third-order valence-corrected chi connectivity index (χ3v) is 6.80. The van der Waals surface area contributed by atoms with Crippen molar-refractivity contribution in [3.63, 3.8) is 0 Å². The first-order valence-electron chi connectivity index (χ1n) is 7.40. The van der Waals surface area contributed by atoms with E-state index in [2.05, 4.69) is 0 Å². The standard InChI is InChI=1S/C15H21FN2O2S/c1-10-6-13(16)3-5-15(10)21(19,20)18-8-11-2-4-14(17)7-12(11)9-18/h3,5-6,11-12,14H,2,4,7-9,17H2,1H3/t11-,12+,14?/m1/s1. The van der Waals surface area contributed by atoms with Crippen LogP contribution < -0.4 is 5.73 Å². The number of benzene rings is 1. The molecule has 1 heterocycles. The number of sulfonamides is 1. The molecule has 2 fully saturated rings. The minimum Gasteiger partial charge on any atom is -0.328 e. The normalized spacial score (nSPS) is 30.3. The van der Waals surface area contributed by atoms with Gasteiger partial charge in [0.1, 0.15) is 5.82 Å². The average molecular weight is 312 g/mol. The van der Waals surface area contributed by atoms with Crippen molar-refractivity contribution in [3.05, 3.63) is 29.6 Å². The van der Waals surface area contributed by atoms with Crippen molar-refractivity contribution in [1.29, 1.82) is 0 Å². The van der Waals surface area contributed by atoms with Crippen molar-refractivity contribution in [3.8, 4) is 0 Å². The maximum Gasteiger partial charge on any atom is 0.243 e. The van der Waals surface area contributed by atoms with Gasteiger partial charge in [-0.1, -0.05) is 0 Å². The number of hydrogen-bond donors (Lipinski definition) is 1. The van der Waals surface area contributed by atoms with E-state index < -0.39 is 15.8 Å². The molecule has 1 saturated heterocycles. The molecule has 1 saturated carbocycles. The van der Waals surface area contributed by atoms with Crippen LogP contribution in [0, 0.1) is 24.6 Å². The second-order valence-corrected chi connectivity index (χ2v) is 8.23. The third kappa shape index (κ3) is 2.72. The van der Waals surface area contributed by atoms with Crippen LogP contribution in [-0.2, 0) is 10.0 Å². The number of fused-ring (bicyclic) bond motifs is 1. The predicted molar refractivity (Wildman–Crippen MR) is 78.7 cm³/mol. The molecular weight excluding hydrogens is 291 g/mol. The van der Waals surface area contributed by atoms with E-state index in [1.807, 2.05) is 0 Å². The van der Waals surface area contributed by atoms with Crippen LogP contribution in [0.5, 0.6) is 0 Å². The van der Waals surface area contributed by atoms with E-state index in [-0.39, 0.29) is 10.9 Å². The fraction of sp³-hybridized carbons (Fsp3) is 0.600. The summed E-state index contributed by atoms with van der Waals surface area (Å²) >= 11 is 0. The Labute approximate surface area is 125 Å². The number of hydrogen-bond acceptors (Lipinski definition) is 3. The van der Waals surface area contributed by atoms with E-state index in [0.717, 1.165) is 19.3 Å². The summed E-state index contributed by atoms with van der Waals surface area (Å²) in [4.78, 5) is 0.215. The number of halogens is 1. The highest BCUT2D eigenvalue weighted by atomic mass is 32.2. The fourth-order valence-electron chi connectivity index (χ4n) is 3.66. The first kappa shape index (κ1) is 14.9. The van der Waals surface area contributed by atoms with E-state index in [4.69, 9.17) is 5.73 Å². The predicted octanol–water partition coefficient (Wildman–Crippen LogP) is 1.88. The molecule has 2 N–H and O–H groups in total. The van der Waals surface area contributed by atoms with Gasteiger partial charge in [-0.15, -0.1) is 0 Å². The van der Waals surface area contributed by atoms with E-state index in [1.165, 1.54) is 18.2 Å².